The fraction of sp³-hybridized carbons (Fsp3) is 0.273. The first kappa shape index (κ1) is 20.1. The second-order valence-electron chi connectivity index (χ2n) is 7.14. The zero-order chi connectivity index (χ0) is 20.5. The van der Waals surface area contributed by atoms with Gasteiger partial charge in [-0.1, -0.05) is 39.7 Å². The summed E-state index contributed by atoms with van der Waals surface area (Å²) < 4.78 is 6.57. The van der Waals surface area contributed by atoms with E-state index < -0.39 is 17.7 Å². The van der Waals surface area contributed by atoms with Crippen LogP contribution in [-0.2, 0) is 14.3 Å². The smallest absolute Gasteiger partial charge is 0.295 e. The molecule has 0 spiro atoms. The van der Waals surface area contributed by atoms with Crippen LogP contribution in [0.3, 0.4) is 0 Å². The van der Waals surface area contributed by atoms with Crippen LogP contribution in [0.4, 0.5) is 0 Å². The molecule has 1 amide bonds. The lowest BCUT2D eigenvalue weighted by molar-refractivity contribution is -0.140. The standard InChI is InChI=1S/C22H19BrClNO4/c23-15-7-3-13(4-8-15)19-18(20(26)14-5-9-16(24)10-6-14)21(27)22(28)25(19)12-17-2-1-11-29-17/h3-10,17,19,26H,1-2,11-12H2/b20-18+/t17-,19-/m1/s1. The molecule has 29 heavy (non-hydrogen) atoms. The Morgan fingerprint density at radius 1 is 1.14 bits per heavy atom. The third-order valence-electron chi connectivity index (χ3n) is 5.27. The SMILES string of the molecule is O=C1C(=O)N(C[C@H]2CCCO2)[C@H](c2ccc(Br)cc2)/C1=C(\O)c1ccc(Cl)cc1. The lowest BCUT2D eigenvalue weighted by atomic mass is 9.95. The van der Waals surface area contributed by atoms with Crippen molar-refractivity contribution in [3.63, 3.8) is 0 Å². The number of aliphatic hydroxyl groups is 1. The number of halogens is 2. The fourth-order valence-electron chi connectivity index (χ4n) is 3.83. The molecule has 0 aromatic heterocycles. The van der Waals surface area contributed by atoms with Gasteiger partial charge in [0, 0.05) is 28.2 Å². The Kier molecular flexibility index (Phi) is 5.76. The van der Waals surface area contributed by atoms with Crippen LogP contribution in [0.15, 0.2) is 58.6 Å². The van der Waals surface area contributed by atoms with Crippen molar-refractivity contribution in [1.82, 2.24) is 4.90 Å². The molecule has 150 valence electrons. The van der Waals surface area contributed by atoms with Gasteiger partial charge in [-0.15, -0.1) is 0 Å². The first-order valence-corrected chi connectivity index (χ1v) is 10.5. The molecular formula is C22H19BrClNO4. The fourth-order valence-corrected chi connectivity index (χ4v) is 4.22. The summed E-state index contributed by atoms with van der Waals surface area (Å²) in [5.41, 5.74) is 1.27. The Morgan fingerprint density at radius 2 is 1.83 bits per heavy atom. The van der Waals surface area contributed by atoms with Gasteiger partial charge in [-0.3, -0.25) is 9.59 Å². The van der Waals surface area contributed by atoms with Gasteiger partial charge in [-0.05, 0) is 54.8 Å². The van der Waals surface area contributed by atoms with Crippen molar-refractivity contribution in [3.05, 3.63) is 74.7 Å². The topological polar surface area (TPSA) is 66.8 Å². The third-order valence-corrected chi connectivity index (χ3v) is 6.05. The average molecular weight is 477 g/mol. The van der Waals surface area contributed by atoms with Gasteiger partial charge in [0.25, 0.3) is 11.7 Å². The van der Waals surface area contributed by atoms with Crippen LogP contribution in [0, 0.1) is 0 Å². The molecule has 2 aliphatic heterocycles. The molecule has 2 aromatic rings. The number of amides is 1. The van der Waals surface area contributed by atoms with E-state index in [1.807, 2.05) is 24.3 Å². The number of aliphatic hydroxyl groups excluding tert-OH is 1. The minimum Gasteiger partial charge on any atom is -0.507 e. The molecular weight excluding hydrogens is 458 g/mol. The molecule has 2 aromatic carbocycles. The van der Waals surface area contributed by atoms with E-state index >= 15 is 0 Å². The van der Waals surface area contributed by atoms with Gasteiger partial charge >= 0.3 is 0 Å². The van der Waals surface area contributed by atoms with Crippen molar-refractivity contribution in [2.75, 3.05) is 13.2 Å². The van der Waals surface area contributed by atoms with Gasteiger partial charge < -0.3 is 14.7 Å². The molecule has 4 rings (SSSR count). The monoisotopic (exact) mass is 475 g/mol. The highest BCUT2D eigenvalue weighted by Gasteiger charge is 2.47. The number of carbonyl (C=O) groups is 2. The number of ketones is 1. The number of likely N-dealkylation sites (tertiary alicyclic amines) is 1. The van der Waals surface area contributed by atoms with Crippen molar-refractivity contribution in [3.8, 4) is 0 Å². The number of benzene rings is 2. The molecule has 0 aliphatic carbocycles. The highest BCUT2D eigenvalue weighted by atomic mass is 79.9. The first-order valence-electron chi connectivity index (χ1n) is 9.37. The number of rotatable bonds is 4. The zero-order valence-corrected chi connectivity index (χ0v) is 17.8. The average Bonchev–Trinajstić information content (AvgIpc) is 3.31. The predicted molar refractivity (Wildman–Crippen MR) is 114 cm³/mol. The number of hydrogen-bond acceptors (Lipinski definition) is 4. The molecule has 0 radical (unpaired) electrons. The summed E-state index contributed by atoms with van der Waals surface area (Å²) in [6.07, 6.45) is 1.66. The minimum absolute atomic E-state index is 0.0811. The summed E-state index contributed by atoms with van der Waals surface area (Å²) in [4.78, 5) is 27.3. The molecule has 5 nitrogen and oxygen atoms in total. The van der Waals surface area contributed by atoms with E-state index in [0.717, 1.165) is 22.9 Å². The Labute approximate surface area is 182 Å². The van der Waals surface area contributed by atoms with Crippen molar-refractivity contribution in [1.29, 1.82) is 0 Å². The summed E-state index contributed by atoms with van der Waals surface area (Å²) in [6.45, 7) is 0.963. The summed E-state index contributed by atoms with van der Waals surface area (Å²) >= 11 is 9.35. The normalized spacial score (nSPS) is 23.7. The van der Waals surface area contributed by atoms with Crippen LogP contribution in [0.5, 0.6) is 0 Å². The maximum absolute atomic E-state index is 12.9. The molecule has 2 heterocycles. The third kappa shape index (κ3) is 3.97. The van der Waals surface area contributed by atoms with E-state index in [2.05, 4.69) is 15.9 Å². The molecule has 0 saturated carbocycles. The first-order chi connectivity index (χ1) is 14.0. The molecule has 0 unspecified atom stereocenters. The Morgan fingerprint density at radius 3 is 2.45 bits per heavy atom. The number of Topliss-reactive ketones (excluding diaryl/α,β-unsaturated/α-hetero) is 1. The van der Waals surface area contributed by atoms with Crippen LogP contribution in [-0.4, -0.2) is 41.0 Å². The lowest BCUT2D eigenvalue weighted by Gasteiger charge is -2.27. The molecule has 1 N–H and O–H groups in total. The maximum Gasteiger partial charge on any atom is 0.295 e. The van der Waals surface area contributed by atoms with Crippen molar-refractivity contribution in [2.45, 2.75) is 25.0 Å². The van der Waals surface area contributed by atoms with E-state index in [1.54, 1.807) is 24.3 Å². The van der Waals surface area contributed by atoms with Crippen LogP contribution in [0.1, 0.15) is 30.0 Å². The lowest BCUT2D eigenvalue weighted by Crippen LogP contribution is -2.36. The Bertz CT molecular complexity index is 965. The van der Waals surface area contributed by atoms with Crippen molar-refractivity contribution < 1.29 is 19.4 Å². The summed E-state index contributed by atoms with van der Waals surface area (Å²) in [5, 5.41) is 11.5. The number of ether oxygens (including phenoxy) is 1. The van der Waals surface area contributed by atoms with Crippen LogP contribution < -0.4 is 0 Å². The van der Waals surface area contributed by atoms with Crippen LogP contribution in [0.25, 0.3) is 5.76 Å². The van der Waals surface area contributed by atoms with E-state index in [1.165, 1.54) is 4.90 Å². The van der Waals surface area contributed by atoms with E-state index in [-0.39, 0.29) is 17.4 Å². The van der Waals surface area contributed by atoms with Crippen molar-refractivity contribution in [2.24, 2.45) is 0 Å². The van der Waals surface area contributed by atoms with Crippen LogP contribution >= 0.6 is 27.5 Å². The molecule has 7 heteroatoms. The van der Waals surface area contributed by atoms with Crippen molar-refractivity contribution >= 4 is 45.0 Å². The quantitative estimate of drug-likeness (QED) is 0.394. The number of nitrogens with zero attached hydrogens (tertiary/aromatic N) is 1. The van der Waals surface area contributed by atoms with Gasteiger partial charge in [0.05, 0.1) is 17.7 Å². The highest BCUT2D eigenvalue weighted by molar-refractivity contribution is 9.10. The van der Waals surface area contributed by atoms with Gasteiger partial charge in [-0.2, -0.15) is 0 Å². The highest BCUT2D eigenvalue weighted by Crippen LogP contribution is 2.40. The molecule has 2 saturated heterocycles. The predicted octanol–water partition coefficient (Wildman–Crippen LogP) is 4.70. The molecule has 0 bridgehead atoms. The largest absolute Gasteiger partial charge is 0.507 e. The van der Waals surface area contributed by atoms with E-state index in [0.29, 0.717) is 23.7 Å². The Hall–Kier alpha value is -2.15. The maximum atomic E-state index is 12.9. The zero-order valence-electron chi connectivity index (χ0n) is 15.5. The number of carbonyl (C=O) groups excluding carboxylic acids is 2. The number of hydrogen-bond donors (Lipinski definition) is 1. The van der Waals surface area contributed by atoms with Gasteiger partial charge in [-0.25, -0.2) is 0 Å². The minimum atomic E-state index is -0.691. The summed E-state index contributed by atoms with van der Waals surface area (Å²) in [5.74, 6) is -1.52. The van der Waals surface area contributed by atoms with Gasteiger partial charge in [0.1, 0.15) is 5.76 Å². The molecule has 2 aliphatic rings. The van der Waals surface area contributed by atoms with Gasteiger partial charge in [0.2, 0.25) is 0 Å². The van der Waals surface area contributed by atoms with Gasteiger partial charge in [0.15, 0.2) is 0 Å². The van der Waals surface area contributed by atoms with E-state index in [4.69, 9.17) is 16.3 Å². The summed E-state index contributed by atoms with van der Waals surface area (Å²) in [7, 11) is 0. The Balaban J connectivity index is 1.81. The molecule has 2 atom stereocenters. The van der Waals surface area contributed by atoms with Crippen LogP contribution in [0.2, 0.25) is 5.02 Å². The molecule has 2 fully saturated rings. The second kappa shape index (κ2) is 8.30. The second-order valence-corrected chi connectivity index (χ2v) is 8.50. The summed E-state index contributed by atoms with van der Waals surface area (Å²) in [6, 6.07) is 13.2. The van der Waals surface area contributed by atoms with E-state index in [9.17, 15) is 14.7 Å².